The summed E-state index contributed by atoms with van der Waals surface area (Å²) >= 11 is 0. The molecule has 1 aromatic carbocycles. The Morgan fingerprint density at radius 2 is 0.886 bits per heavy atom. The molecule has 0 N–H and O–H groups in total. The quantitative estimate of drug-likeness (QED) is 0.0482. The van der Waals surface area contributed by atoms with Crippen LogP contribution in [0.2, 0.25) is 0 Å². The van der Waals surface area contributed by atoms with Gasteiger partial charge in [0.15, 0.2) is 0 Å². The van der Waals surface area contributed by atoms with Gasteiger partial charge in [-0.05, 0) is 107 Å². The summed E-state index contributed by atoms with van der Waals surface area (Å²) in [6, 6.07) is 7.51. The van der Waals surface area contributed by atoms with Gasteiger partial charge >= 0.3 is 17.1 Å². The first-order chi connectivity index (χ1) is 33.3. The second kappa shape index (κ2) is 32.9. The highest BCUT2D eigenvalue weighted by atomic mass is 16.2. The maximum Gasteiger partial charge on any atom is 0.336 e. The molecule has 1 heterocycles. The Kier molecular flexibility index (Phi) is 28.8. The van der Waals surface area contributed by atoms with Crippen LogP contribution in [0.3, 0.4) is 0 Å². The Morgan fingerprint density at radius 1 is 0.514 bits per heavy atom. The van der Waals surface area contributed by atoms with Crippen LogP contribution in [0.25, 0.3) is 0 Å². The summed E-state index contributed by atoms with van der Waals surface area (Å²) in [5.41, 5.74) is -1.26. The van der Waals surface area contributed by atoms with Crippen LogP contribution in [0, 0.1) is 10.8 Å². The fraction of sp³-hybridized carbons (Fsp3) is 0.680. The number of carbonyl (C=O) groups excluding carboxylic acids is 7. The van der Waals surface area contributed by atoms with Crippen LogP contribution >= 0.6 is 0 Å². The summed E-state index contributed by atoms with van der Waals surface area (Å²) in [4.78, 5) is 136. The molecular weight excluding hydrogens is 901 g/mol. The minimum atomic E-state index is -0.640. The average molecular weight is 971 g/mol. The van der Waals surface area contributed by atoms with Gasteiger partial charge in [-0.2, -0.15) is 9.98 Å². The van der Waals surface area contributed by atoms with E-state index in [9.17, 15) is 47.9 Å². The molecule has 0 spiro atoms. The predicted molar refractivity (Wildman–Crippen MR) is 263 cm³/mol. The van der Waals surface area contributed by atoms with Crippen molar-refractivity contribution >= 4 is 42.6 Å². The molecule has 2 atom stereocenters. The largest absolute Gasteiger partial charge is 0.336 e. The second-order valence-corrected chi connectivity index (χ2v) is 19.4. The minimum Gasteiger partial charge on any atom is -0.247 e. The SMILES string of the molecule is CC(C)(N=C=O)c1cccc(C(C)(C)N=C=O)c1.CC1(C)CC(N=C=O)CC(C)(CN=C=O)C1.O=C=NCCCCCCn1c(=O)n(CCCCCCN=C=O)c(=O)n(CCCCCCN=C=O)c1=O. The minimum absolute atomic E-state index is 0.00750. The van der Waals surface area contributed by atoms with E-state index < -0.39 is 28.1 Å². The molecule has 20 heteroatoms. The van der Waals surface area contributed by atoms with Gasteiger partial charge in [-0.25, -0.2) is 86.6 Å². The zero-order valence-corrected chi connectivity index (χ0v) is 42.0. The van der Waals surface area contributed by atoms with Gasteiger partial charge in [0.1, 0.15) is 0 Å². The number of hydrogen-bond acceptors (Lipinski definition) is 17. The number of nitrogens with zero attached hydrogens (tertiary/aromatic N) is 10. The Bertz CT molecular complexity index is 2290. The molecule has 1 aromatic heterocycles. The number of benzene rings is 1. The highest BCUT2D eigenvalue weighted by Crippen LogP contribution is 2.47. The predicted octanol–water partition coefficient (Wildman–Crippen LogP) is 6.93. The molecule has 0 aliphatic heterocycles. The topological polar surface area (TPSA) is 272 Å². The number of rotatable bonds is 28. The van der Waals surface area contributed by atoms with Crippen molar-refractivity contribution in [3.05, 3.63) is 66.8 Å². The molecule has 1 fully saturated rings. The van der Waals surface area contributed by atoms with Gasteiger partial charge in [-0.15, -0.1) is 0 Å². The van der Waals surface area contributed by atoms with E-state index in [1.54, 1.807) is 24.3 Å². The van der Waals surface area contributed by atoms with E-state index in [0.717, 1.165) is 102 Å². The monoisotopic (exact) mass is 971 g/mol. The van der Waals surface area contributed by atoms with Crippen LogP contribution in [0.4, 0.5) is 0 Å². The van der Waals surface area contributed by atoms with Gasteiger partial charge in [0.2, 0.25) is 42.6 Å². The molecule has 3 rings (SSSR count). The number of unbranched alkanes of at least 4 members (excludes halogenated alkanes) is 9. The van der Waals surface area contributed by atoms with E-state index in [2.05, 4.69) is 55.7 Å². The normalized spacial score (nSPS) is 15.6. The molecule has 20 nitrogen and oxygen atoms in total. The van der Waals surface area contributed by atoms with Crippen molar-refractivity contribution in [3.8, 4) is 0 Å². The van der Waals surface area contributed by atoms with E-state index >= 15 is 0 Å². The van der Waals surface area contributed by atoms with Crippen molar-refractivity contribution in [2.75, 3.05) is 26.2 Å². The number of aliphatic imine (C=N–C) groups is 7. The maximum atomic E-state index is 13.0. The maximum absolute atomic E-state index is 13.0. The molecule has 0 radical (unpaired) electrons. The molecular formula is C50H70N10O10. The van der Waals surface area contributed by atoms with Crippen LogP contribution in [-0.2, 0) is 64.3 Å². The highest BCUT2D eigenvalue weighted by molar-refractivity contribution is 5.41. The van der Waals surface area contributed by atoms with Gasteiger partial charge in [0.05, 0.1) is 43.3 Å². The molecule has 2 aromatic rings. The van der Waals surface area contributed by atoms with E-state index in [0.29, 0.717) is 45.4 Å². The van der Waals surface area contributed by atoms with Gasteiger partial charge in [0.25, 0.3) is 0 Å². The van der Waals surface area contributed by atoms with Crippen molar-refractivity contribution in [1.29, 1.82) is 0 Å². The fourth-order valence-corrected chi connectivity index (χ4v) is 8.56. The number of hydrogen-bond donors (Lipinski definition) is 0. The molecule has 0 amide bonds. The Hall–Kier alpha value is -6.71. The highest BCUT2D eigenvalue weighted by Gasteiger charge is 2.41. The van der Waals surface area contributed by atoms with Gasteiger partial charge < -0.3 is 0 Å². The third kappa shape index (κ3) is 23.1. The lowest BCUT2D eigenvalue weighted by molar-refractivity contribution is 0.0915. The van der Waals surface area contributed by atoms with Crippen LogP contribution in [-0.4, -0.2) is 88.5 Å². The van der Waals surface area contributed by atoms with Gasteiger partial charge in [0, 0.05) is 19.6 Å². The molecule has 1 aliphatic rings. The Balaban J connectivity index is 0.000000595. The Labute approximate surface area is 409 Å². The third-order valence-electron chi connectivity index (χ3n) is 11.9. The second-order valence-electron chi connectivity index (χ2n) is 19.4. The zero-order chi connectivity index (χ0) is 52.5. The average Bonchev–Trinajstić information content (AvgIpc) is 3.30. The van der Waals surface area contributed by atoms with Crippen LogP contribution in [0.15, 0.2) is 73.6 Å². The fourth-order valence-electron chi connectivity index (χ4n) is 8.56. The summed E-state index contributed by atoms with van der Waals surface area (Å²) < 4.78 is 3.42. The van der Waals surface area contributed by atoms with E-state index in [-0.39, 0.29) is 36.5 Å². The molecule has 380 valence electrons. The summed E-state index contributed by atoms with van der Waals surface area (Å²) in [5.74, 6) is 0. The van der Waals surface area contributed by atoms with Crippen LogP contribution < -0.4 is 17.1 Å². The molecule has 0 saturated heterocycles. The van der Waals surface area contributed by atoms with E-state index in [4.69, 9.17) is 0 Å². The first-order valence-electron chi connectivity index (χ1n) is 23.8. The molecule has 1 aliphatic carbocycles. The molecule has 2 unspecified atom stereocenters. The summed E-state index contributed by atoms with van der Waals surface area (Å²) in [6.45, 7) is 16.0. The third-order valence-corrected chi connectivity index (χ3v) is 11.9. The summed E-state index contributed by atoms with van der Waals surface area (Å²) in [6.07, 6.45) is 22.2. The molecule has 0 bridgehead atoms. The van der Waals surface area contributed by atoms with Crippen LogP contribution in [0.1, 0.15) is 156 Å². The number of isocyanates is 7. The standard InChI is InChI=1S/C24H36N6O6.C14H16N2O2.C12H18N2O2/c31-19-25-13-7-1-4-10-16-28-22(34)29(17-11-5-2-8-14-26-20-32)24(36)30(23(28)35)18-12-6-3-9-15-27-21-33;1-13(2,15-9-17)11-6-5-7-12(8-11)14(3,4)16-10-18;1-11(2)4-10(14-9-16)5-12(3,6-11)7-13-8-15/h1-18H2;5-8H,1-4H3;10H,4-7H2,1-3H3. The van der Waals surface area contributed by atoms with Crippen molar-refractivity contribution in [1.82, 2.24) is 13.7 Å². The number of aromatic nitrogens is 3. The molecule has 1 saturated carbocycles. The van der Waals surface area contributed by atoms with Crippen molar-refractivity contribution in [3.63, 3.8) is 0 Å². The van der Waals surface area contributed by atoms with E-state index in [1.165, 1.54) is 18.2 Å². The van der Waals surface area contributed by atoms with Crippen molar-refractivity contribution in [2.24, 2.45) is 45.8 Å². The lowest BCUT2D eigenvalue weighted by Gasteiger charge is -2.44. The van der Waals surface area contributed by atoms with Crippen molar-refractivity contribution < 1.29 is 33.6 Å². The summed E-state index contributed by atoms with van der Waals surface area (Å²) in [5, 5.41) is 0. The van der Waals surface area contributed by atoms with Crippen molar-refractivity contribution in [2.45, 2.75) is 182 Å². The Morgan fingerprint density at radius 3 is 1.23 bits per heavy atom. The lowest BCUT2D eigenvalue weighted by Crippen LogP contribution is -2.54. The van der Waals surface area contributed by atoms with Crippen LogP contribution in [0.5, 0.6) is 0 Å². The first kappa shape index (κ1) is 61.3. The van der Waals surface area contributed by atoms with Gasteiger partial charge in [-0.3, -0.25) is 0 Å². The lowest BCUT2D eigenvalue weighted by atomic mass is 9.63. The first-order valence-corrected chi connectivity index (χ1v) is 23.8. The molecule has 70 heavy (non-hydrogen) atoms. The summed E-state index contributed by atoms with van der Waals surface area (Å²) in [7, 11) is 0. The zero-order valence-electron chi connectivity index (χ0n) is 42.0. The van der Waals surface area contributed by atoms with Gasteiger partial charge in [-0.1, -0.05) is 83.6 Å². The van der Waals surface area contributed by atoms with E-state index in [1.807, 2.05) is 52.0 Å². The smallest absolute Gasteiger partial charge is 0.247 e.